The third kappa shape index (κ3) is 3.67. The minimum absolute atomic E-state index is 0.127. The molecular weight excluding hydrogens is 241 g/mol. The van der Waals surface area contributed by atoms with Gasteiger partial charge in [0, 0.05) is 32.7 Å². The van der Waals surface area contributed by atoms with Crippen LogP contribution in [0.25, 0.3) is 0 Å². The molecule has 4 heteroatoms. The molecule has 1 aliphatic rings. The largest absolute Gasteiger partial charge is 0.367 e. The van der Waals surface area contributed by atoms with E-state index < -0.39 is 0 Å². The van der Waals surface area contributed by atoms with Crippen LogP contribution < -0.4 is 10.6 Å². The normalized spacial score (nSPS) is 17.8. The van der Waals surface area contributed by atoms with E-state index in [1.165, 1.54) is 6.07 Å². The summed E-state index contributed by atoms with van der Waals surface area (Å²) in [6.07, 6.45) is 0. The smallest absolute Gasteiger partial charge is 0.146 e. The number of hydrogen-bond acceptors (Lipinski definition) is 3. The topological polar surface area (TPSA) is 32.5 Å². The number of piperazine rings is 1. The average Bonchev–Trinajstić information content (AvgIpc) is 2.40. The summed E-state index contributed by atoms with van der Waals surface area (Å²) in [5.41, 5.74) is 6.65. The lowest BCUT2D eigenvalue weighted by molar-refractivity contribution is 0.174. The first-order chi connectivity index (χ1) is 9.02. The number of nitrogens with zero attached hydrogens (tertiary/aromatic N) is 2. The van der Waals surface area contributed by atoms with Crippen molar-refractivity contribution in [2.75, 3.05) is 44.2 Å². The van der Waals surface area contributed by atoms with Crippen LogP contribution in [0.1, 0.15) is 13.8 Å². The Morgan fingerprint density at radius 3 is 2.37 bits per heavy atom. The molecule has 1 saturated heterocycles. The van der Waals surface area contributed by atoms with Gasteiger partial charge < -0.3 is 10.6 Å². The van der Waals surface area contributed by atoms with E-state index in [1.54, 1.807) is 6.07 Å². The molecule has 0 radical (unpaired) electrons. The highest BCUT2D eigenvalue weighted by Crippen LogP contribution is 2.22. The SMILES string of the molecule is CC(C)(CN)CN1CCN(c2ccccc2F)CC1. The van der Waals surface area contributed by atoms with Gasteiger partial charge >= 0.3 is 0 Å². The fourth-order valence-electron chi connectivity index (χ4n) is 2.52. The van der Waals surface area contributed by atoms with Crippen molar-refractivity contribution in [1.82, 2.24) is 4.90 Å². The van der Waals surface area contributed by atoms with E-state index in [0.717, 1.165) is 38.4 Å². The van der Waals surface area contributed by atoms with Crippen LogP contribution in [0, 0.1) is 11.2 Å². The van der Waals surface area contributed by atoms with Gasteiger partial charge in [-0.3, -0.25) is 4.90 Å². The zero-order chi connectivity index (χ0) is 13.9. The Labute approximate surface area is 115 Å². The zero-order valence-corrected chi connectivity index (χ0v) is 11.9. The highest BCUT2D eigenvalue weighted by Gasteiger charge is 2.24. The van der Waals surface area contributed by atoms with Crippen molar-refractivity contribution < 1.29 is 4.39 Å². The summed E-state index contributed by atoms with van der Waals surface area (Å²) < 4.78 is 13.7. The van der Waals surface area contributed by atoms with Gasteiger partial charge in [0.05, 0.1) is 5.69 Å². The second kappa shape index (κ2) is 5.88. The third-order valence-electron chi connectivity index (χ3n) is 3.77. The van der Waals surface area contributed by atoms with E-state index >= 15 is 0 Å². The van der Waals surface area contributed by atoms with Gasteiger partial charge in [0.25, 0.3) is 0 Å². The Kier molecular flexibility index (Phi) is 4.42. The molecule has 1 fully saturated rings. The number of nitrogens with two attached hydrogens (primary N) is 1. The maximum absolute atomic E-state index is 13.7. The predicted octanol–water partition coefficient (Wildman–Crippen LogP) is 1.93. The maximum atomic E-state index is 13.7. The lowest BCUT2D eigenvalue weighted by Gasteiger charge is -2.39. The Hall–Kier alpha value is -1.13. The van der Waals surface area contributed by atoms with Crippen LogP contribution in [0.2, 0.25) is 0 Å². The van der Waals surface area contributed by atoms with E-state index in [9.17, 15) is 4.39 Å². The van der Waals surface area contributed by atoms with Gasteiger partial charge in [0.1, 0.15) is 5.82 Å². The highest BCUT2D eigenvalue weighted by molar-refractivity contribution is 5.47. The predicted molar refractivity (Wildman–Crippen MR) is 77.9 cm³/mol. The van der Waals surface area contributed by atoms with Crippen molar-refractivity contribution in [3.63, 3.8) is 0 Å². The number of anilines is 1. The lowest BCUT2D eigenvalue weighted by Crippen LogP contribution is -2.50. The summed E-state index contributed by atoms with van der Waals surface area (Å²) in [6, 6.07) is 7.01. The molecule has 0 aromatic heterocycles. The second-order valence-corrected chi connectivity index (χ2v) is 6.08. The van der Waals surface area contributed by atoms with Crippen LogP contribution in [-0.4, -0.2) is 44.2 Å². The minimum Gasteiger partial charge on any atom is -0.367 e. The molecule has 19 heavy (non-hydrogen) atoms. The van der Waals surface area contributed by atoms with Gasteiger partial charge in [-0.25, -0.2) is 4.39 Å². The average molecular weight is 265 g/mol. The van der Waals surface area contributed by atoms with Crippen LogP contribution >= 0.6 is 0 Å². The summed E-state index contributed by atoms with van der Waals surface area (Å²) in [6.45, 7) is 9.78. The van der Waals surface area contributed by atoms with Crippen LogP contribution in [0.3, 0.4) is 0 Å². The van der Waals surface area contributed by atoms with Crippen molar-refractivity contribution in [2.45, 2.75) is 13.8 Å². The molecule has 1 aliphatic heterocycles. The number of rotatable bonds is 4. The molecule has 0 spiro atoms. The monoisotopic (exact) mass is 265 g/mol. The standard InChI is InChI=1S/C15H24FN3/c1-15(2,11-17)12-18-7-9-19(10-8-18)14-6-4-3-5-13(14)16/h3-6H,7-12,17H2,1-2H3. The third-order valence-corrected chi connectivity index (χ3v) is 3.77. The van der Waals surface area contributed by atoms with Gasteiger partial charge in [-0.15, -0.1) is 0 Å². The highest BCUT2D eigenvalue weighted by atomic mass is 19.1. The summed E-state index contributed by atoms with van der Waals surface area (Å²) in [5, 5.41) is 0. The number of halogens is 1. The number of hydrogen-bond donors (Lipinski definition) is 1. The second-order valence-electron chi connectivity index (χ2n) is 6.08. The first-order valence-corrected chi connectivity index (χ1v) is 6.94. The molecule has 3 nitrogen and oxygen atoms in total. The van der Waals surface area contributed by atoms with Crippen molar-refractivity contribution in [1.29, 1.82) is 0 Å². The fourth-order valence-corrected chi connectivity index (χ4v) is 2.52. The molecule has 0 atom stereocenters. The van der Waals surface area contributed by atoms with Gasteiger partial charge in [0.15, 0.2) is 0 Å². The molecule has 106 valence electrons. The van der Waals surface area contributed by atoms with Crippen molar-refractivity contribution in [3.05, 3.63) is 30.1 Å². The van der Waals surface area contributed by atoms with Crippen LogP contribution in [0.5, 0.6) is 0 Å². The summed E-state index contributed by atoms with van der Waals surface area (Å²) in [4.78, 5) is 4.55. The summed E-state index contributed by atoms with van der Waals surface area (Å²) >= 11 is 0. The number of benzene rings is 1. The van der Waals surface area contributed by atoms with Crippen molar-refractivity contribution in [3.8, 4) is 0 Å². The molecule has 0 unspecified atom stereocenters. The molecule has 1 aromatic carbocycles. The Morgan fingerprint density at radius 2 is 1.79 bits per heavy atom. The quantitative estimate of drug-likeness (QED) is 0.903. The molecule has 0 bridgehead atoms. The molecule has 1 heterocycles. The Balaban J connectivity index is 1.91. The molecule has 2 rings (SSSR count). The van der Waals surface area contributed by atoms with Crippen LogP contribution in [0.4, 0.5) is 10.1 Å². The fraction of sp³-hybridized carbons (Fsp3) is 0.600. The van der Waals surface area contributed by atoms with E-state index in [0.29, 0.717) is 6.54 Å². The van der Waals surface area contributed by atoms with E-state index in [1.807, 2.05) is 12.1 Å². The van der Waals surface area contributed by atoms with Crippen molar-refractivity contribution >= 4 is 5.69 Å². The Bertz CT molecular complexity index is 412. The first-order valence-electron chi connectivity index (χ1n) is 6.94. The van der Waals surface area contributed by atoms with Gasteiger partial charge in [0.2, 0.25) is 0 Å². The first kappa shape index (κ1) is 14.3. The minimum atomic E-state index is -0.127. The van der Waals surface area contributed by atoms with Crippen LogP contribution in [-0.2, 0) is 0 Å². The molecule has 0 saturated carbocycles. The molecule has 0 amide bonds. The molecule has 1 aromatic rings. The van der Waals surface area contributed by atoms with Gasteiger partial charge in [-0.1, -0.05) is 26.0 Å². The van der Waals surface area contributed by atoms with E-state index in [2.05, 4.69) is 23.6 Å². The molecule has 2 N–H and O–H groups in total. The van der Waals surface area contributed by atoms with E-state index in [4.69, 9.17) is 5.73 Å². The number of para-hydroxylation sites is 1. The van der Waals surface area contributed by atoms with E-state index in [-0.39, 0.29) is 11.2 Å². The van der Waals surface area contributed by atoms with Crippen molar-refractivity contribution in [2.24, 2.45) is 11.1 Å². The van der Waals surface area contributed by atoms with Gasteiger partial charge in [-0.2, -0.15) is 0 Å². The Morgan fingerprint density at radius 1 is 1.16 bits per heavy atom. The molecule has 0 aliphatic carbocycles. The zero-order valence-electron chi connectivity index (χ0n) is 11.9. The maximum Gasteiger partial charge on any atom is 0.146 e. The van der Waals surface area contributed by atoms with Crippen LogP contribution in [0.15, 0.2) is 24.3 Å². The summed E-state index contributed by atoms with van der Waals surface area (Å²) in [7, 11) is 0. The molecular formula is C15H24FN3. The summed E-state index contributed by atoms with van der Waals surface area (Å²) in [5.74, 6) is -0.127. The lowest BCUT2D eigenvalue weighted by atomic mass is 9.93. The van der Waals surface area contributed by atoms with Gasteiger partial charge in [-0.05, 0) is 24.1 Å².